The van der Waals surface area contributed by atoms with Gasteiger partial charge in [-0.1, -0.05) is 6.07 Å². The maximum absolute atomic E-state index is 12.7. The largest absolute Gasteiger partial charge is 0.345 e. The number of carbonyl (C=O) groups is 1. The lowest BCUT2D eigenvalue weighted by atomic mass is 10.1. The van der Waals surface area contributed by atoms with E-state index in [0.29, 0.717) is 11.1 Å². The molecular formula is C24H26N6O. The fraction of sp³-hybridized carbons (Fsp3) is 0.250. The number of nitrogens with zero attached hydrogens (tertiary/aromatic N) is 4. The summed E-state index contributed by atoms with van der Waals surface area (Å²) in [6, 6.07) is 15.6. The Morgan fingerprint density at radius 3 is 2.68 bits per heavy atom. The molecule has 5 rings (SSSR count). The maximum atomic E-state index is 12.7. The quantitative estimate of drug-likeness (QED) is 0.526. The second kappa shape index (κ2) is 8.37. The molecule has 1 saturated heterocycles. The summed E-state index contributed by atoms with van der Waals surface area (Å²) < 4.78 is 2.13. The molecule has 1 aliphatic heterocycles. The van der Waals surface area contributed by atoms with E-state index in [2.05, 4.69) is 55.2 Å². The van der Waals surface area contributed by atoms with Crippen molar-refractivity contribution in [2.24, 2.45) is 0 Å². The molecule has 0 spiro atoms. The van der Waals surface area contributed by atoms with Crippen molar-refractivity contribution in [1.29, 1.82) is 0 Å². The fourth-order valence-corrected chi connectivity index (χ4v) is 4.02. The van der Waals surface area contributed by atoms with Crippen LogP contribution in [-0.4, -0.2) is 63.5 Å². The summed E-state index contributed by atoms with van der Waals surface area (Å²) >= 11 is 0. The summed E-state index contributed by atoms with van der Waals surface area (Å²) in [5.41, 5.74) is 5.22. The van der Waals surface area contributed by atoms with Crippen LogP contribution >= 0.6 is 0 Å². The molecule has 2 aromatic carbocycles. The number of likely N-dealkylation sites (N-methyl/N-ethyl adjacent to an activating group) is 1. The number of imidazole rings is 1. The number of fused-ring (bicyclic) bond motifs is 1. The molecule has 2 aromatic heterocycles. The van der Waals surface area contributed by atoms with Crippen LogP contribution in [0, 0.1) is 0 Å². The third kappa shape index (κ3) is 4.23. The van der Waals surface area contributed by atoms with Gasteiger partial charge in [-0.05, 0) is 55.1 Å². The molecule has 2 N–H and O–H groups in total. The predicted molar refractivity (Wildman–Crippen MR) is 123 cm³/mol. The fourth-order valence-electron chi connectivity index (χ4n) is 4.02. The number of hydrogen-bond acceptors (Lipinski definition) is 4. The Bertz CT molecular complexity index is 1180. The molecule has 7 heteroatoms. The van der Waals surface area contributed by atoms with E-state index >= 15 is 0 Å². The van der Waals surface area contributed by atoms with Crippen molar-refractivity contribution >= 4 is 22.6 Å². The maximum Gasteiger partial charge on any atom is 0.257 e. The van der Waals surface area contributed by atoms with Crippen LogP contribution in [-0.2, 0) is 6.54 Å². The standard InChI is InChI=1S/C24H26N6O/c1-28-11-13-29(14-12-28)15-18-9-10-30(16-18)20-7-5-19(6-8-20)27-24(31)21-3-2-4-22-23(21)26-17-25-22/h2-10,16-17H,11-15H2,1H3,(H,25,26)(H,27,31). The molecule has 1 aliphatic rings. The molecule has 7 nitrogen and oxygen atoms in total. The van der Waals surface area contributed by atoms with Gasteiger partial charge in [0.05, 0.1) is 17.4 Å². The molecule has 0 atom stereocenters. The Hall–Kier alpha value is -3.42. The van der Waals surface area contributed by atoms with Gasteiger partial charge in [0.25, 0.3) is 5.91 Å². The molecule has 0 saturated carbocycles. The van der Waals surface area contributed by atoms with Gasteiger partial charge in [-0.25, -0.2) is 4.98 Å². The highest BCUT2D eigenvalue weighted by atomic mass is 16.1. The van der Waals surface area contributed by atoms with Gasteiger partial charge in [0, 0.05) is 56.5 Å². The lowest BCUT2D eigenvalue weighted by Gasteiger charge is -2.32. The van der Waals surface area contributed by atoms with Crippen LogP contribution in [0.4, 0.5) is 5.69 Å². The number of hydrogen-bond donors (Lipinski definition) is 2. The molecule has 1 fully saturated rings. The first kappa shape index (κ1) is 19.5. The Kier molecular flexibility index (Phi) is 5.28. The Morgan fingerprint density at radius 2 is 1.87 bits per heavy atom. The number of aromatic amines is 1. The zero-order valence-corrected chi connectivity index (χ0v) is 17.6. The summed E-state index contributed by atoms with van der Waals surface area (Å²) in [4.78, 5) is 24.9. The van der Waals surface area contributed by atoms with Crippen LogP contribution in [0.25, 0.3) is 16.7 Å². The molecule has 0 unspecified atom stereocenters. The first-order valence-electron chi connectivity index (χ1n) is 10.6. The van der Waals surface area contributed by atoms with Crippen LogP contribution in [0.5, 0.6) is 0 Å². The van der Waals surface area contributed by atoms with E-state index < -0.39 is 0 Å². The SMILES string of the molecule is CN1CCN(Cc2ccn(-c3ccc(NC(=O)c4cccc5[nH]cnc45)cc3)c2)CC1. The number of anilines is 1. The molecule has 3 heterocycles. The average molecular weight is 415 g/mol. The van der Waals surface area contributed by atoms with E-state index in [1.807, 2.05) is 36.4 Å². The van der Waals surface area contributed by atoms with Crippen LogP contribution in [0.1, 0.15) is 15.9 Å². The summed E-state index contributed by atoms with van der Waals surface area (Å²) in [6.45, 7) is 5.46. The molecule has 0 radical (unpaired) electrons. The molecule has 1 amide bonds. The predicted octanol–water partition coefficient (Wildman–Crippen LogP) is 3.35. The van der Waals surface area contributed by atoms with Gasteiger partial charge < -0.3 is 19.8 Å². The van der Waals surface area contributed by atoms with Crippen molar-refractivity contribution in [2.45, 2.75) is 6.54 Å². The van der Waals surface area contributed by atoms with E-state index in [1.165, 1.54) is 5.56 Å². The van der Waals surface area contributed by atoms with E-state index in [9.17, 15) is 4.79 Å². The van der Waals surface area contributed by atoms with Gasteiger partial charge in [-0.15, -0.1) is 0 Å². The van der Waals surface area contributed by atoms with E-state index in [4.69, 9.17) is 0 Å². The van der Waals surface area contributed by atoms with Crippen LogP contribution in [0.3, 0.4) is 0 Å². The summed E-state index contributed by atoms with van der Waals surface area (Å²) in [5.74, 6) is -0.166. The van der Waals surface area contributed by atoms with Gasteiger partial charge in [0.15, 0.2) is 0 Å². The summed E-state index contributed by atoms with van der Waals surface area (Å²) in [7, 11) is 2.18. The van der Waals surface area contributed by atoms with Crippen molar-refractivity contribution in [3.05, 3.63) is 78.4 Å². The molecule has 158 valence electrons. The number of H-pyrrole nitrogens is 1. The highest BCUT2D eigenvalue weighted by Gasteiger charge is 2.15. The smallest absolute Gasteiger partial charge is 0.257 e. The Labute approximate surface area is 181 Å². The number of aromatic nitrogens is 3. The molecule has 0 aliphatic carbocycles. The van der Waals surface area contributed by atoms with Crippen LogP contribution in [0.2, 0.25) is 0 Å². The molecule has 0 bridgehead atoms. The number of nitrogens with one attached hydrogen (secondary N) is 2. The van der Waals surface area contributed by atoms with Crippen molar-refractivity contribution in [3.63, 3.8) is 0 Å². The normalized spacial score (nSPS) is 15.4. The topological polar surface area (TPSA) is 69.2 Å². The minimum absolute atomic E-state index is 0.166. The lowest BCUT2D eigenvalue weighted by molar-refractivity contribution is 0.102. The van der Waals surface area contributed by atoms with Crippen molar-refractivity contribution in [2.75, 3.05) is 38.5 Å². The number of carbonyl (C=O) groups excluding carboxylic acids is 1. The highest BCUT2D eigenvalue weighted by Crippen LogP contribution is 2.19. The monoisotopic (exact) mass is 414 g/mol. The Balaban J connectivity index is 1.25. The minimum atomic E-state index is -0.166. The molecular weight excluding hydrogens is 388 g/mol. The number of para-hydroxylation sites is 1. The van der Waals surface area contributed by atoms with Gasteiger partial charge in [0.1, 0.15) is 5.52 Å². The average Bonchev–Trinajstić information content (AvgIpc) is 3.45. The first-order chi connectivity index (χ1) is 15.2. The van der Waals surface area contributed by atoms with Crippen LogP contribution in [0.15, 0.2) is 67.3 Å². The van der Waals surface area contributed by atoms with E-state index in [0.717, 1.165) is 49.6 Å². The number of rotatable bonds is 5. The Morgan fingerprint density at radius 1 is 1.06 bits per heavy atom. The van der Waals surface area contributed by atoms with Gasteiger partial charge in [-0.3, -0.25) is 9.69 Å². The third-order valence-electron chi connectivity index (χ3n) is 5.87. The highest BCUT2D eigenvalue weighted by molar-refractivity contribution is 6.11. The third-order valence-corrected chi connectivity index (χ3v) is 5.87. The number of amides is 1. The lowest BCUT2D eigenvalue weighted by Crippen LogP contribution is -2.43. The summed E-state index contributed by atoms with van der Waals surface area (Å²) in [5, 5.41) is 2.97. The first-order valence-corrected chi connectivity index (χ1v) is 10.6. The zero-order valence-electron chi connectivity index (χ0n) is 17.6. The van der Waals surface area contributed by atoms with Crippen molar-refractivity contribution in [3.8, 4) is 5.69 Å². The van der Waals surface area contributed by atoms with E-state index in [-0.39, 0.29) is 5.91 Å². The van der Waals surface area contributed by atoms with Crippen LogP contribution < -0.4 is 5.32 Å². The van der Waals surface area contributed by atoms with Gasteiger partial charge >= 0.3 is 0 Å². The summed E-state index contributed by atoms with van der Waals surface area (Å²) in [6.07, 6.45) is 5.88. The molecule has 31 heavy (non-hydrogen) atoms. The zero-order chi connectivity index (χ0) is 21.2. The minimum Gasteiger partial charge on any atom is -0.345 e. The second-order valence-corrected chi connectivity index (χ2v) is 8.11. The van der Waals surface area contributed by atoms with E-state index in [1.54, 1.807) is 12.4 Å². The van der Waals surface area contributed by atoms with Crippen molar-refractivity contribution in [1.82, 2.24) is 24.3 Å². The van der Waals surface area contributed by atoms with Crippen molar-refractivity contribution < 1.29 is 4.79 Å². The number of piperazine rings is 1. The second-order valence-electron chi connectivity index (χ2n) is 8.11. The number of benzene rings is 2. The van der Waals surface area contributed by atoms with Gasteiger partial charge in [0.2, 0.25) is 0 Å². The van der Waals surface area contributed by atoms with Gasteiger partial charge in [-0.2, -0.15) is 0 Å². The molecule has 4 aromatic rings.